The van der Waals surface area contributed by atoms with Crippen LogP contribution in [-0.4, -0.2) is 71.5 Å². The van der Waals surface area contributed by atoms with E-state index in [2.05, 4.69) is 10.3 Å². The van der Waals surface area contributed by atoms with Gasteiger partial charge in [-0.05, 0) is 32.3 Å². The molecule has 0 radical (unpaired) electrons. The van der Waals surface area contributed by atoms with Gasteiger partial charge in [-0.25, -0.2) is 14.4 Å². The minimum Gasteiger partial charge on any atom is -0.477 e. The highest BCUT2D eigenvalue weighted by Crippen LogP contribution is 2.17. The van der Waals surface area contributed by atoms with Gasteiger partial charge < -0.3 is 9.84 Å². The van der Waals surface area contributed by atoms with Crippen molar-refractivity contribution in [3.8, 4) is 0 Å². The summed E-state index contributed by atoms with van der Waals surface area (Å²) in [6.45, 7) is 3.10. The Morgan fingerprint density at radius 2 is 1.93 bits per heavy atom. The van der Waals surface area contributed by atoms with Gasteiger partial charge in [0.05, 0.1) is 13.7 Å². The van der Waals surface area contributed by atoms with E-state index >= 15 is 0 Å². The number of urea groups is 1. The molecule has 0 saturated heterocycles. The molecule has 1 aromatic rings. The van der Waals surface area contributed by atoms with E-state index in [0.29, 0.717) is 12.8 Å². The SMILES string of the molecule is CCOC(=O)C(CCc1ccccc1)N[C@@H](C)C(=O)[N@+]1(C)CC(C(=O)O)=NC1=O. The normalized spacial score (nSPS) is 20.7. The van der Waals surface area contributed by atoms with E-state index in [-0.39, 0.29) is 18.9 Å². The number of aryl methyl sites for hydroxylation is 1. The zero-order valence-electron chi connectivity index (χ0n) is 16.8. The van der Waals surface area contributed by atoms with E-state index in [1.54, 1.807) is 6.92 Å². The maximum atomic E-state index is 12.9. The van der Waals surface area contributed by atoms with Crippen LogP contribution in [0.25, 0.3) is 0 Å². The molecule has 3 atom stereocenters. The fourth-order valence-electron chi connectivity index (χ4n) is 3.18. The Kier molecular flexibility index (Phi) is 7.35. The maximum Gasteiger partial charge on any atom is 0.450 e. The van der Waals surface area contributed by atoms with E-state index in [1.807, 2.05) is 30.3 Å². The summed E-state index contributed by atoms with van der Waals surface area (Å²) >= 11 is 0. The molecule has 1 aromatic carbocycles. The minimum atomic E-state index is -1.33. The van der Waals surface area contributed by atoms with Gasteiger partial charge in [0.15, 0.2) is 5.71 Å². The number of benzene rings is 1. The molecular formula is C20H26N3O6+. The molecule has 9 heteroatoms. The number of nitrogens with zero attached hydrogens (tertiary/aromatic N) is 2. The Balaban J connectivity index is 2.09. The number of carboxylic acids is 1. The summed E-state index contributed by atoms with van der Waals surface area (Å²) < 4.78 is 4.32. The second kappa shape index (κ2) is 9.53. The molecule has 1 aliphatic heterocycles. The highest BCUT2D eigenvalue weighted by molar-refractivity contribution is 6.39. The molecule has 2 N–H and O–H groups in total. The molecule has 1 aliphatic rings. The second-order valence-corrected chi connectivity index (χ2v) is 7.05. The van der Waals surface area contributed by atoms with Crippen LogP contribution in [0.2, 0.25) is 0 Å². The number of rotatable bonds is 9. The lowest BCUT2D eigenvalue weighted by Gasteiger charge is -2.27. The highest BCUT2D eigenvalue weighted by Gasteiger charge is 2.50. The smallest absolute Gasteiger partial charge is 0.450 e. The lowest BCUT2D eigenvalue weighted by molar-refractivity contribution is -0.736. The minimum absolute atomic E-state index is 0.201. The van der Waals surface area contributed by atoms with Crippen molar-refractivity contribution in [3.05, 3.63) is 35.9 Å². The van der Waals surface area contributed by atoms with Crippen molar-refractivity contribution in [2.75, 3.05) is 20.2 Å². The number of aliphatic carboxylic acids is 1. The summed E-state index contributed by atoms with van der Waals surface area (Å²) in [5, 5.41) is 12.0. The third kappa shape index (κ3) is 5.33. The zero-order valence-corrected chi connectivity index (χ0v) is 16.8. The van der Waals surface area contributed by atoms with Crippen molar-refractivity contribution in [2.45, 2.75) is 38.8 Å². The first-order valence-corrected chi connectivity index (χ1v) is 9.41. The highest BCUT2D eigenvalue weighted by atomic mass is 16.5. The van der Waals surface area contributed by atoms with Crippen LogP contribution in [0, 0.1) is 0 Å². The fraction of sp³-hybridized carbons (Fsp3) is 0.450. The number of quaternary nitrogens is 1. The standard InChI is InChI=1S/C20H25N3O6/c1-4-29-19(27)15(11-10-14-8-6-5-7-9-14)21-13(2)17(24)23(3)12-16(18(25)26)22-20(23)28/h5-9,13,15,21H,4,10-12H2,1-3H3/p+1/t13-,15?,23-/m0/s1. The molecule has 9 nitrogen and oxygen atoms in total. The Hall–Kier alpha value is -2.91. The monoisotopic (exact) mass is 404 g/mol. The zero-order chi connectivity index (χ0) is 21.6. The predicted octanol–water partition coefficient (Wildman–Crippen LogP) is 1.16. The molecule has 1 heterocycles. The van der Waals surface area contributed by atoms with Crippen LogP contribution >= 0.6 is 0 Å². The first kappa shape index (κ1) is 22.4. The quantitative estimate of drug-likeness (QED) is 0.468. The molecule has 156 valence electrons. The number of carbonyl (C=O) groups excluding carboxylic acids is 3. The summed E-state index contributed by atoms with van der Waals surface area (Å²) in [5.74, 6) is -2.38. The average molecular weight is 404 g/mol. The molecule has 0 saturated carbocycles. The number of ether oxygens (including phenoxy) is 1. The third-order valence-electron chi connectivity index (χ3n) is 4.81. The van der Waals surface area contributed by atoms with E-state index in [9.17, 15) is 19.2 Å². The van der Waals surface area contributed by atoms with Crippen molar-refractivity contribution in [3.63, 3.8) is 0 Å². The summed E-state index contributed by atoms with van der Waals surface area (Å²) in [5.41, 5.74) is 0.680. The topological polar surface area (TPSA) is 122 Å². The van der Waals surface area contributed by atoms with Crippen LogP contribution in [0.1, 0.15) is 25.8 Å². The van der Waals surface area contributed by atoms with E-state index in [4.69, 9.17) is 9.84 Å². The number of carbonyl (C=O) groups is 4. The van der Waals surface area contributed by atoms with Gasteiger partial charge in [-0.1, -0.05) is 30.3 Å². The van der Waals surface area contributed by atoms with Crippen LogP contribution in [0.5, 0.6) is 0 Å². The van der Waals surface area contributed by atoms with Gasteiger partial charge >= 0.3 is 23.9 Å². The number of nitrogens with one attached hydrogen (secondary N) is 1. The van der Waals surface area contributed by atoms with Crippen LogP contribution in [0.4, 0.5) is 4.79 Å². The van der Waals surface area contributed by atoms with Gasteiger partial charge in [-0.2, -0.15) is 4.48 Å². The Morgan fingerprint density at radius 1 is 1.28 bits per heavy atom. The lowest BCUT2D eigenvalue weighted by atomic mass is 10.0. The first-order valence-electron chi connectivity index (χ1n) is 9.41. The number of amides is 3. The Morgan fingerprint density at radius 3 is 2.48 bits per heavy atom. The summed E-state index contributed by atoms with van der Waals surface area (Å²) in [7, 11) is 1.33. The van der Waals surface area contributed by atoms with E-state index < -0.39 is 40.4 Å². The van der Waals surface area contributed by atoms with Crippen LogP contribution in [-0.2, 0) is 25.5 Å². The van der Waals surface area contributed by atoms with Crippen molar-refractivity contribution < 1.29 is 33.5 Å². The average Bonchev–Trinajstić information content (AvgIpc) is 3.01. The van der Waals surface area contributed by atoms with Gasteiger partial charge in [0, 0.05) is 0 Å². The van der Waals surface area contributed by atoms with Crippen LogP contribution in [0.15, 0.2) is 35.3 Å². The molecule has 29 heavy (non-hydrogen) atoms. The van der Waals surface area contributed by atoms with E-state index in [1.165, 1.54) is 14.0 Å². The van der Waals surface area contributed by atoms with Crippen molar-refractivity contribution in [2.24, 2.45) is 4.99 Å². The Bertz CT molecular complexity index is 823. The number of hydrogen-bond acceptors (Lipinski definition) is 6. The largest absolute Gasteiger partial charge is 0.477 e. The number of imide groups is 1. The molecule has 0 bridgehead atoms. The fourth-order valence-corrected chi connectivity index (χ4v) is 3.18. The van der Waals surface area contributed by atoms with Gasteiger partial charge in [0.1, 0.15) is 18.6 Å². The molecule has 1 unspecified atom stereocenters. The molecule has 0 aromatic heterocycles. The molecule has 2 rings (SSSR count). The molecule has 0 aliphatic carbocycles. The second-order valence-electron chi connectivity index (χ2n) is 7.05. The van der Waals surface area contributed by atoms with Gasteiger partial charge in [0.2, 0.25) is 0 Å². The first-order chi connectivity index (χ1) is 13.7. The summed E-state index contributed by atoms with van der Waals surface area (Å²) in [4.78, 5) is 52.0. The summed E-state index contributed by atoms with van der Waals surface area (Å²) in [6.07, 6.45) is 0.991. The van der Waals surface area contributed by atoms with Crippen molar-refractivity contribution in [1.29, 1.82) is 0 Å². The molecular weight excluding hydrogens is 378 g/mol. The van der Waals surface area contributed by atoms with Crippen LogP contribution < -0.4 is 5.32 Å². The van der Waals surface area contributed by atoms with Crippen molar-refractivity contribution >= 4 is 29.6 Å². The van der Waals surface area contributed by atoms with Crippen molar-refractivity contribution in [1.82, 2.24) is 5.32 Å². The predicted molar refractivity (Wildman–Crippen MR) is 104 cm³/mol. The summed E-state index contributed by atoms with van der Waals surface area (Å²) in [6, 6.07) is 7.11. The maximum absolute atomic E-state index is 12.9. The van der Waals surface area contributed by atoms with E-state index in [0.717, 1.165) is 5.56 Å². The molecule has 0 fully saturated rings. The lowest BCUT2D eigenvalue weighted by Crippen LogP contribution is -2.60. The molecule has 3 amide bonds. The van der Waals surface area contributed by atoms with Gasteiger partial charge in [-0.15, -0.1) is 4.99 Å². The number of carboxylic acid groups (broad SMARTS) is 1. The van der Waals surface area contributed by atoms with Crippen LogP contribution in [0.3, 0.4) is 0 Å². The third-order valence-corrected chi connectivity index (χ3v) is 4.81. The number of likely N-dealkylation sites (N-methyl/N-ethyl adjacent to an activating group) is 1. The number of hydrogen-bond donors (Lipinski definition) is 2. The molecule has 0 spiro atoms. The Labute approximate surface area is 169 Å². The number of esters is 1. The van der Waals surface area contributed by atoms with Gasteiger partial charge in [0.25, 0.3) is 0 Å². The number of aliphatic imine (C=N–C) groups is 1. The van der Waals surface area contributed by atoms with Gasteiger partial charge in [-0.3, -0.25) is 10.1 Å².